The molecular formula is C20H26F2N4. The molecule has 26 heavy (non-hydrogen) atoms. The van der Waals surface area contributed by atoms with Crippen LogP contribution in [0, 0.1) is 18.6 Å². The predicted molar refractivity (Wildman–Crippen MR) is 102 cm³/mol. The highest BCUT2D eigenvalue weighted by molar-refractivity contribution is 5.79. The zero-order valence-corrected chi connectivity index (χ0v) is 15.7. The Bertz CT molecular complexity index is 722. The van der Waals surface area contributed by atoms with Crippen LogP contribution in [0.1, 0.15) is 22.7 Å². The minimum absolute atomic E-state index is 0.0546. The lowest BCUT2D eigenvalue weighted by atomic mass is 10.0. The molecule has 2 N–H and O–H groups in total. The van der Waals surface area contributed by atoms with Gasteiger partial charge < -0.3 is 15.5 Å². The van der Waals surface area contributed by atoms with Gasteiger partial charge in [-0.05, 0) is 38.7 Å². The van der Waals surface area contributed by atoms with E-state index in [0.717, 1.165) is 5.56 Å². The summed E-state index contributed by atoms with van der Waals surface area (Å²) >= 11 is 0. The third-order valence-electron chi connectivity index (χ3n) is 4.22. The number of hydrogen-bond acceptors (Lipinski definition) is 2. The lowest BCUT2D eigenvalue weighted by molar-refractivity contribution is 0.282. The number of aryl methyl sites for hydroxylation is 1. The molecule has 0 heterocycles. The Morgan fingerprint density at radius 1 is 1.04 bits per heavy atom. The topological polar surface area (TPSA) is 39.7 Å². The van der Waals surface area contributed by atoms with E-state index in [9.17, 15) is 8.78 Å². The SMILES string of the molecule is CN=C(NCc1ccc(C)cc1)NCC(c1c(F)cccc1F)N(C)C. The molecule has 0 saturated carbocycles. The summed E-state index contributed by atoms with van der Waals surface area (Å²) in [6, 6.07) is 11.7. The molecule has 0 aliphatic carbocycles. The first kappa shape index (κ1) is 19.8. The fourth-order valence-corrected chi connectivity index (χ4v) is 2.68. The molecule has 0 fully saturated rings. The fourth-order valence-electron chi connectivity index (χ4n) is 2.68. The van der Waals surface area contributed by atoms with Crippen LogP contribution in [0.3, 0.4) is 0 Å². The number of aliphatic imine (C=N–C) groups is 1. The molecule has 6 heteroatoms. The summed E-state index contributed by atoms with van der Waals surface area (Å²) in [5, 5.41) is 6.36. The van der Waals surface area contributed by atoms with E-state index in [1.807, 2.05) is 19.1 Å². The minimum atomic E-state index is -0.548. The van der Waals surface area contributed by atoms with E-state index in [0.29, 0.717) is 19.0 Å². The van der Waals surface area contributed by atoms with E-state index in [4.69, 9.17) is 0 Å². The van der Waals surface area contributed by atoms with Gasteiger partial charge in [-0.2, -0.15) is 0 Å². The summed E-state index contributed by atoms with van der Waals surface area (Å²) in [6.45, 7) is 2.97. The van der Waals surface area contributed by atoms with Gasteiger partial charge in [-0.3, -0.25) is 4.99 Å². The van der Waals surface area contributed by atoms with Crippen molar-refractivity contribution >= 4 is 5.96 Å². The first-order valence-electron chi connectivity index (χ1n) is 8.52. The summed E-state index contributed by atoms with van der Waals surface area (Å²) in [4.78, 5) is 5.96. The van der Waals surface area contributed by atoms with Crippen LogP contribution in [0.25, 0.3) is 0 Å². The van der Waals surface area contributed by atoms with Gasteiger partial charge in [0.05, 0.1) is 6.04 Å². The summed E-state index contributed by atoms with van der Waals surface area (Å²) < 4.78 is 28.3. The average Bonchev–Trinajstić information content (AvgIpc) is 2.61. The van der Waals surface area contributed by atoms with Crippen molar-refractivity contribution < 1.29 is 8.78 Å². The molecule has 0 saturated heterocycles. The zero-order valence-electron chi connectivity index (χ0n) is 15.7. The quantitative estimate of drug-likeness (QED) is 0.614. The second-order valence-corrected chi connectivity index (χ2v) is 6.41. The second-order valence-electron chi connectivity index (χ2n) is 6.41. The maximum atomic E-state index is 14.1. The maximum absolute atomic E-state index is 14.1. The van der Waals surface area contributed by atoms with Gasteiger partial charge in [0, 0.05) is 25.7 Å². The number of halogens is 2. The lowest BCUT2D eigenvalue weighted by Crippen LogP contribution is -2.41. The van der Waals surface area contributed by atoms with Crippen molar-refractivity contribution in [2.75, 3.05) is 27.7 Å². The molecule has 0 aromatic heterocycles. The van der Waals surface area contributed by atoms with Crippen LogP contribution in [-0.4, -0.2) is 38.5 Å². The first-order valence-corrected chi connectivity index (χ1v) is 8.52. The zero-order chi connectivity index (χ0) is 19.1. The van der Waals surface area contributed by atoms with Crippen molar-refractivity contribution in [3.63, 3.8) is 0 Å². The van der Waals surface area contributed by atoms with Crippen molar-refractivity contribution in [3.05, 3.63) is 70.8 Å². The largest absolute Gasteiger partial charge is 0.354 e. The van der Waals surface area contributed by atoms with Gasteiger partial charge in [-0.1, -0.05) is 35.9 Å². The number of rotatable bonds is 6. The Labute approximate surface area is 153 Å². The Morgan fingerprint density at radius 2 is 1.65 bits per heavy atom. The van der Waals surface area contributed by atoms with Crippen molar-refractivity contribution in [3.8, 4) is 0 Å². The maximum Gasteiger partial charge on any atom is 0.191 e. The van der Waals surface area contributed by atoms with E-state index in [2.05, 4.69) is 27.8 Å². The van der Waals surface area contributed by atoms with Crippen LogP contribution < -0.4 is 10.6 Å². The van der Waals surface area contributed by atoms with Crippen LogP contribution in [0.4, 0.5) is 8.78 Å². The third kappa shape index (κ3) is 5.26. The van der Waals surface area contributed by atoms with Gasteiger partial charge in [-0.15, -0.1) is 0 Å². The van der Waals surface area contributed by atoms with Crippen molar-refractivity contribution in [1.82, 2.24) is 15.5 Å². The Balaban J connectivity index is 2.01. The Hall–Kier alpha value is -2.47. The molecule has 2 aromatic carbocycles. The van der Waals surface area contributed by atoms with Crippen LogP contribution in [0.15, 0.2) is 47.5 Å². The van der Waals surface area contributed by atoms with E-state index >= 15 is 0 Å². The molecule has 1 atom stereocenters. The molecule has 0 aliphatic rings. The average molecular weight is 360 g/mol. The summed E-state index contributed by atoms with van der Waals surface area (Å²) in [6.07, 6.45) is 0. The molecule has 140 valence electrons. The lowest BCUT2D eigenvalue weighted by Gasteiger charge is -2.26. The highest BCUT2D eigenvalue weighted by Gasteiger charge is 2.22. The monoisotopic (exact) mass is 360 g/mol. The van der Waals surface area contributed by atoms with Crippen LogP contribution in [0.5, 0.6) is 0 Å². The van der Waals surface area contributed by atoms with E-state index in [1.54, 1.807) is 26.0 Å². The smallest absolute Gasteiger partial charge is 0.191 e. The number of benzene rings is 2. The van der Waals surface area contributed by atoms with E-state index < -0.39 is 17.7 Å². The molecule has 0 spiro atoms. The molecular weight excluding hydrogens is 334 g/mol. The Morgan fingerprint density at radius 3 is 2.19 bits per heavy atom. The number of likely N-dealkylation sites (N-methyl/N-ethyl adjacent to an activating group) is 1. The number of nitrogens with zero attached hydrogens (tertiary/aromatic N) is 2. The number of nitrogens with one attached hydrogen (secondary N) is 2. The van der Waals surface area contributed by atoms with E-state index in [-0.39, 0.29) is 5.56 Å². The fraction of sp³-hybridized carbons (Fsp3) is 0.350. The van der Waals surface area contributed by atoms with Crippen molar-refractivity contribution in [1.29, 1.82) is 0 Å². The summed E-state index contributed by atoms with van der Waals surface area (Å²) in [7, 11) is 5.25. The van der Waals surface area contributed by atoms with Crippen LogP contribution >= 0.6 is 0 Å². The van der Waals surface area contributed by atoms with Gasteiger partial charge in [0.2, 0.25) is 0 Å². The van der Waals surface area contributed by atoms with Gasteiger partial charge in [-0.25, -0.2) is 8.78 Å². The standard InChI is InChI=1S/C20H26F2N4/c1-14-8-10-15(11-9-14)12-24-20(23-2)25-13-18(26(3)4)19-16(21)6-5-7-17(19)22/h5-11,18H,12-13H2,1-4H3,(H2,23,24,25). The Kier molecular flexibility index (Phi) is 7.09. The molecule has 0 radical (unpaired) electrons. The van der Waals surface area contributed by atoms with Crippen LogP contribution in [0.2, 0.25) is 0 Å². The normalized spacial score (nSPS) is 13.0. The highest BCUT2D eigenvalue weighted by atomic mass is 19.1. The van der Waals surface area contributed by atoms with Crippen LogP contribution in [-0.2, 0) is 6.54 Å². The number of guanidine groups is 1. The summed E-state index contributed by atoms with van der Waals surface area (Å²) in [5.41, 5.74) is 2.39. The third-order valence-corrected chi connectivity index (χ3v) is 4.22. The molecule has 2 aromatic rings. The number of hydrogen-bond donors (Lipinski definition) is 2. The van der Waals surface area contributed by atoms with Crippen molar-refractivity contribution in [2.24, 2.45) is 4.99 Å². The van der Waals surface area contributed by atoms with E-state index in [1.165, 1.54) is 23.8 Å². The van der Waals surface area contributed by atoms with Gasteiger partial charge in [0.25, 0.3) is 0 Å². The first-order chi connectivity index (χ1) is 12.4. The summed E-state index contributed by atoms with van der Waals surface area (Å²) in [5.74, 6) is -0.518. The van der Waals surface area contributed by atoms with Crippen molar-refractivity contribution in [2.45, 2.75) is 19.5 Å². The predicted octanol–water partition coefficient (Wildman–Crippen LogP) is 3.24. The minimum Gasteiger partial charge on any atom is -0.354 e. The van der Waals surface area contributed by atoms with Gasteiger partial charge in [0.15, 0.2) is 5.96 Å². The molecule has 4 nitrogen and oxygen atoms in total. The molecule has 2 rings (SSSR count). The molecule has 0 amide bonds. The molecule has 0 bridgehead atoms. The molecule has 0 aliphatic heterocycles. The van der Waals surface area contributed by atoms with Gasteiger partial charge >= 0.3 is 0 Å². The second kappa shape index (κ2) is 9.29. The molecule has 1 unspecified atom stereocenters. The van der Waals surface area contributed by atoms with Gasteiger partial charge in [0.1, 0.15) is 11.6 Å². The highest BCUT2D eigenvalue weighted by Crippen LogP contribution is 2.23.